The molecule has 0 radical (unpaired) electrons. The van der Waals surface area contributed by atoms with Crippen LogP contribution in [0.25, 0.3) is 0 Å². The van der Waals surface area contributed by atoms with Crippen molar-refractivity contribution in [3.63, 3.8) is 0 Å². The van der Waals surface area contributed by atoms with Gasteiger partial charge in [0.2, 0.25) is 5.91 Å². The Balaban J connectivity index is 1.76. The summed E-state index contributed by atoms with van der Waals surface area (Å²) in [5, 5.41) is 3.07. The van der Waals surface area contributed by atoms with E-state index in [1.165, 1.54) is 11.1 Å². The summed E-state index contributed by atoms with van der Waals surface area (Å²) in [5.74, 6) is 0.139. The molecule has 2 aromatic rings. The number of benzene rings is 2. The van der Waals surface area contributed by atoms with Crippen molar-refractivity contribution in [3.05, 3.63) is 71.8 Å². The maximum atomic E-state index is 11.5. The Labute approximate surface area is 132 Å². The Hall–Kier alpha value is -2.13. The normalized spacial score (nSPS) is 15.5. The zero-order valence-corrected chi connectivity index (χ0v) is 12.9. The molecule has 0 aromatic heterocycles. The van der Waals surface area contributed by atoms with E-state index in [1.807, 2.05) is 19.1 Å². The second-order valence-electron chi connectivity index (χ2n) is 5.80. The Kier molecular flexibility index (Phi) is 4.54. The summed E-state index contributed by atoms with van der Waals surface area (Å²) in [6, 6.07) is 21.7. The highest BCUT2D eigenvalue weighted by molar-refractivity contribution is 5.76. The molecule has 3 heteroatoms. The molecule has 1 aliphatic heterocycles. The van der Waals surface area contributed by atoms with Gasteiger partial charge in [-0.2, -0.15) is 0 Å². The average Bonchev–Trinajstić information content (AvgIpc) is 2.54. The number of rotatable bonds is 5. The quantitative estimate of drug-likeness (QED) is 0.919. The molecule has 1 aliphatic rings. The van der Waals surface area contributed by atoms with Crippen LogP contribution in [0.1, 0.15) is 30.5 Å². The van der Waals surface area contributed by atoms with Crippen molar-refractivity contribution in [2.75, 3.05) is 13.1 Å². The fourth-order valence-electron chi connectivity index (χ4n) is 3.03. The van der Waals surface area contributed by atoms with Crippen LogP contribution < -0.4 is 5.32 Å². The molecule has 0 saturated carbocycles. The number of hydrogen-bond acceptors (Lipinski definition) is 2. The minimum atomic E-state index is 0.139. The molecule has 2 aromatic carbocycles. The predicted molar refractivity (Wildman–Crippen MR) is 88.5 cm³/mol. The largest absolute Gasteiger partial charge is 0.351 e. The fraction of sp³-hybridized carbons (Fsp3) is 0.316. The highest BCUT2D eigenvalue weighted by Gasteiger charge is 2.34. The third-order valence-corrected chi connectivity index (χ3v) is 4.19. The second-order valence-corrected chi connectivity index (χ2v) is 5.80. The van der Waals surface area contributed by atoms with Crippen molar-refractivity contribution in [1.82, 2.24) is 10.2 Å². The Bertz CT molecular complexity index is 566. The monoisotopic (exact) mass is 294 g/mol. The van der Waals surface area contributed by atoms with Crippen LogP contribution in [0.15, 0.2) is 60.7 Å². The van der Waals surface area contributed by atoms with E-state index in [4.69, 9.17) is 0 Å². The summed E-state index contributed by atoms with van der Waals surface area (Å²) in [6.07, 6.45) is 0.553. The molecular weight excluding hydrogens is 272 g/mol. The van der Waals surface area contributed by atoms with Crippen LogP contribution in [0.2, 0.25) is 0 Å². The summed E-state index contributed by atoms with van der Waals surface area (Å²) >= 11 is 0. The number of amides is 1. The molecule has 1 amide bonds. The van der Waals surface area contributed by atoms with Crippen LogP contribution in [0.4, 0.5) is 0 Å². The second kappa shape index (κ2) is 6.75. The van der Waals surface area contributed by atoms with Crippen LogP contribution in [0.5, 0.6) is 0 Å². The van der Waals surface area contributed by atoms with Crippen molar-refractivity contribution in [1.29, 1.82) is 0 Å². The van der Waals surface area contributed by atoms with Crippen molar-refractivity contribution in [2.24, 2.45) is 0 Å². The molecule has 0 aliphatic carbocycles. The lowest BCUT2D eigenvalue weighted by Gasteiger charge is -2.45. The van der Waals surface area contributed by atoms with Gasteiger partial charge in [-0.3, -0.25) is 9.69 Å². The number of carbonyl (C=O) groups excluding carboxylic acids is 1. The fourth-order valence-corrected chi connectivity index (χ4v) is 3.03. The number of nitrogens with zero attached hydrogens (tertiary/aromatic N) is 1. The predicted octanol–water partition coefficient (Wildman–Crippen LogP) is 2.99. The third kappa shape index (κ3) is 3.20. The standard InChI is InChI=1S/C19H22N2O/c1-2-18(22)20-17-13-21(14-17)19(15-9-5-3-6-10-15)16-11-7-4-8-12-16/h3-12,17,19H,2,13-14H2,1H3,(H,20,22). The van der Waals surface area contributed by atoms with E-state index in [2.05, 4.69) is 58.7 Å². The lowest BCUT2D eigenvalue weighted by Crippen LogP contribution is -2.60. The SMILES string of the molecule is CCC(=O)NC1CN(C(c2ccccc2)c2ccccc2)C1. The molecule has 114 valence electrons. The van der Waals surface area contributed by atoms with Gasteiger partial charge in [0.25, 0.3) is 0 Å². The highest BCUT2D eigenvalue weighted by atomic mass is 16.1. The highest BCUT2D eigenvalue weighted by Crippen LogP contribution is 2.32. The van der Waals surface area contributed by atoms with E-state index in [9.17, 15) is 4.79 Å². The molecular formula is C19H22N2O. The summed E-state index contributed by atoms with van der Waals surface area (Å²) in [7, 11) is 0. The first-order chi connectivity index (χ1) is 10.8. The Morgan fingerprint density at radius 1 is 1.05 bits per heavy atom. The van der Waals surface area contributed by atoms with E-state index in [0.29, 0.717) is 6.42 Å². The molecule has 22 heavy (non-hydrogen) atoms. The minimum Gasteiger partial charge on any atom is -0.351 e. The number of carbonyl (C=O) groups is 1. The van der Waals surface area contributed by atoms with Gasteiger partial charge >= 0.3 is 0 Å². The van der Waals surface area contributed by atoms with Gasteiger partial charge in [0.05, 0.1) is 12.1 Å². The van der Waals surface area contributed by atoms with Crippen molar-refractivity contribution in [2.45, 2.75) is 25.4 Å². The smallest absolute Gasteiger partial charge is 0.220 e. The first-order valence-corrected chi connectivity index (χ1v) is 7.91. The molecule has 3 nitrogen and oxygen atoms in total. The van der Waals surface area contributed by atoms with Gasteiger partial charge in [-0.15, -0.1) is 0 Å². The molecule has 1 saturated heterocycles. The third-order valence-electron chi connectivity index (χ3n) is 4.19. The zero-order valence-electron chi connectivity index (χ0n) is 12.9. The van der Waals surface area contributed by atoms with Gasteiger partial charge in [-0.1, -0.05) is 67.6 Å². The number of hydrogen-bond donors (Lipinski definition) is 1. The summed E-state index contributed by atoms with van der Waals surface area (Å²) < 4.78 is 0. The van der Waals surface area contributed by atoms with Crippen LogP contribution in [-0.2, 0) is 4.79 Å². The van der Waals surface area contributed by atoms with E-state index in [1.54, 1.807) is 0 Å². The molecule has 1 heterocycles. The van der Waals surface area contributed by atoms with E-state index < -0.39 is 0 Å². The van der Waals surface area contributed by atoms with Gasteiger partial charge in [0.15, 0.2) is 0 Å². The lowest BCUT2D eigenvalue weighted by atomic mass is 9.93. The summed E-state index contributed by atoms with van der Waals surface area (Å²) in [6.45, 7) is 3.70. The van der Waals surface area contributed by atoms with Gasteiger partial charge in [-0.25, -0.2) is 0 Å². The van der Waals surface area contributed by atoms with Crippen molar-refractivity contribution in [3.8, 4) is 0 Å². The van der Waals surface area contributed by atoms with Gasteiger partial charge in [0, 0.05) is 19.5 Å². The maximum Gasteiger partial charge on any atom is 0.220 e. The number of likely N-dealkylation sites (tertiary alicyclic amines) is 1. The van der Waals surface area contributed by atoms with Gasteiger partial charge < -0.3 is 5.32 Å². The Morgan fingerprint density at radius 3 is 2.00 bits per heavy atom. The maximum absolute atomic E-state index is 11.5. The van der Waals surface area contributed by atoms with Crippen LogP contribution in [0, 0.1) is 0 Å². The van der Waals surface area contributed by atoms with Crippen LogP contribution in [0.3, 0.4) is 0 Å². The first-order valence-electron chi connectivity index (χ1n) is 7.91. The Morgan fingerprint density at radius 2 is 1.55 bits per heavy atom. The molecule has 0 unspecified atom stereocenters. The van der Waals surface area contributed by atoms with Gasteiger partial charge in [0.1, 0.15) is 0 Å². The average molecular weight is 294 g/mol. The first kappa shape index (κ1) is 14.8. The van der Waals surface area contributed by atoms with Gasteiger partial charge in [-0.05, 0) is 11.1 Å². The molecule has 1 fully saturated rings. The number of nitrogens with one attached hydrogen (secondary N) is 1. The van der Waals surface area contributed by atoms with E-state index >= 15 is 0 Å². The molecule has 3 rings (SSSR count). The molecule has 0 bridgehead atoms. The van der Waals surface area contributed by atoms with Crippen LogP contribution >= 0.6 is 0 Å². The lowest BCUT2D eigenvalue weighted by molar-refractivity contribution is -0.122. The van der Waals surface area contributed by atoms with Crippen molar-refractivity contribution < 1.29 is 4.79 Å². The van der Waals surface area contributed by atoms with E-state index in [0.717, 1.165) is 13.1 Å². The minimum absolute atomic E-state index is 0.139. The molecule has 1 N–H and O–H groups in total. The summed E-state index contributed by atoms with van der Waals surface area (Å²) in [5.41, 5.74) is 2.60. The topological polar surface area (TPSA) is 32.3 Å². The van der Waals surface area contributed by atoms with Crippen molar-refractivity contribution >= 4 is 5.91 Å². The van der Waals surface area contributed by atoms with E-state index in [-0.39, 0.29) is 18.0 Å². The summed E-state index contributed by atoms with van der Waals surface area (Å²) in [4.78, 5) is 13.9. The molecule has 0 spiro atoms. The van der Waals surface area contributed by atoms with Crippen LogP contribution in [-0.4, -0.2) is 29.9 Å². The zero-order chi connectivity index (χ0) is 15.4. The molecule has 0 atom stereocenters.